The fourth-order valence-electron chi connectivity index (χ4n) is 2.33. The van der Waals surface area contributed by atoms with Crippen molar-refractivity contribution in [2.45, 2.75) is 13.0 Å². The van der Waals surface area contributed by atoms with Crippen molar-refractivity contribution in [3.8, 4) is 0 Å². The number of nitrogens with zero attached hydrogens (tertiary/aromatic N) is 3. The lowest BCUT2D eigenvalue weighted by Crippen LogP contribution is -2.26. The van der Waals surface area contributed by atoms with Crippen molar-refractivity contribution in [2.75, 3.05) is 11.9 Å². The lowest BCUT2D eigenvalue weighted by atomic mass is 10.1. The maximum atomic E-state index is 12.3. The van der Waals surface area contributed by atoms with E-state index in [1.165, 1.54) is 6.33 Å². The van der Waals surface area contributed by atoms with Gasteiger partial charge in [0.05, 0.1) is 0 Å². The zero-order chi connectivity index (χ0) is 18.2. The van der Waals surface area contributed by atoms with Crippen molar-refractivity contribution in [3.05, 3.63) is 83.0 Å². The molecule has 2 N–H and O–H groups in total. The molecule has 2 heterocycles. The number of benzene rings is 1. The van der Waals surface area contributed by atoms with Gasteiger partial charge in [-0.2, -0.15) is 0 Å². The van der Waals surface area contributed by atoms with Crippen LogP contribution in [0.1, 0.15) is 21.6 Å². The first-order chi connectivity index (χ1) is 12.7. The molecule has 2 aromatic heterocycles. The van der Waals surface area contributed by atoms with Gasteiger partial charge in [0.1, 0.15) is 17.8 Å². The molecule has 0 saturated carbocycles. The molecule has 26 heavy (non-hydrogen) atoms. The Morgan fingerprint density at radius 1 is 1.00 bits per heavy atom. The molecule has 0 aliphatic carbocycles. The molecule has 0 unspecified atom stereocenters. The smallest absolute Gasteiger partial charge is 0.270 e. The number of rotatable bonds is 7. The van der Waals surface area contributed by atoms with E-state index in [2.05, 4.69) is 25.6 Å². The number of amides is 1. The molecule has 7 heteroatoms. The maximum Gasteiger partial charge on any atom is 0.270 e. The van der Waals surface area contributed by atoms with Crippen LogP contribution in [0.2, 0.25) is 5.02 Å². The zero-order valence-corrected chi connectivity index (χ0v) is 14.8. The molecule has 1 amide bonds. The van der Waals surface area contributed by atoms with E-state index in [-0.39, 0.29) is 5.91 Å². The molecule has 0 spiro atoms. The summed E-state index contributed by atoms with van der Waals surface area (Å²) in [5.74, 6) is 0.369. The van der Waals surface area contributed by atoms with Crippen molar-refractivity contribution in [3.63, 3.8) is 0 Å². The van der Waals surface area contributed by atoms with Gasteiger partial charge >= 0.3 is 0 Å². The van der Waals surface area contributed by atoms with Crippen molar-refractivity contribution in [2.24, 2.45) is 0 Å². The van der Waals surface area contributed by atoms with Gasteiger partial charge < -0.3 is 10.6 Å². The van der Waals surface area contributed by atoms with Gasteiger partial charge in [-0.15, -0.1) is 0 Å². The van der Waals surface area contributed by atoms with Gasteiger partial charge in [-0.05, 0) is 41.8 Å². The van der Waals surface area contributed by atoms with Crippen molar-refractivity contribution >= 4 is 23.3 Å². The van der Waals surface area contributed by atoms with Gasteiger partial charge in [0.25, 0.3) is 5.91 Å². The molecule has 1 aromatic carbocycles. The second kappa shape index (κ2) is 8.92. The molecule has 6 nitrogen and oxygen atoms in total. The Morgan fingerprint density at radius 3 is 2.54 bits per heavy atom. The first-order valence-electron chi connectivity index (χ1n) is 8.18. The average molecular weight is 368 g/mol. The van der Waals surface area contributed by atoms with Crippen LogP contribution in [0.4, 0.5) is 5.82 Å². The number of aromatic nitrogens is 3. The Bertz CT molecular complexity index is 855. The minimum absolute atomic E-state index is 0.228. The lowest BCUT2D eigenvalue weighted by molar-refractivity contribution is 0.0949. The second-order valence-electron chi connectivity index (χ2n) is 5.63. The topological polar surface area (TPSA) is 79.8 Å². The quantitative estimate of drug-likeness (QED) is 0.670. The number of nitrogens with one attached hydrogen (secondary N) is 2. The lowest BCUT2D eigenvalue weighted by Gasteiger charge is -2.08. The number of carbonyl (C=O) groups excluding carboxylic acids is 1. The van der Waals surface area contributed by atoms with Gasteiger partial charge in [0.2, 0.25) is 0 Å². The largest absolute Gasteiger partial charge is 0.366 e. The molecule has 3 aromatic rings. The highest BCUT2D eigenvalue weighted by Gasteiger charge is 2.08. The Morgan fingerprint density at radius 2 is 1.77 bits per heavy atom. The summed E-state index contributed by atoms with van der Waals surface area (Å²) in [5.41, 5.74) is 2.51. The maximum absolute atomic E-state index is 12.3. The van der Waals surface area contributed by atoms with Gasteiger partial charge in [-0.3, -0.25) is 9.78 Å². The highest BCUT2D eigenvalue weighted by atomic mass is 35.5. The molecule has 0 bridgehead atoms. The van der Waals surface area contributed by atoms with Gasteiger partial charge in [-0.1, -0.05) is 23.7 Å². The highest BCUT2D eigenvalue weighted by Crippen LogP contribution is 2.10. The Labute approximate surface area is 156 Å². The number of halogens is 1. The van der Waals surface area contributed by atoms with Crippen LogP contribution in [0.15, 0.2) is 61.2 Å². The van der Waals surface area contributed by atoms with E-state index >= 15 is 0 Å². The standard InChI is InChI=1S/C19H18ClN5O/c20-16-3-1-14(2-4-16)7-10-22-19(26)17-11-18(25-13-24-17)23-12-15-5-8-21-9-6-15/h1-6,8-9,11,13H,7,10,12H2,(H,22,26)(H,23,24,25). The van der Waals surface area contributed by atoms with E-state index in [4.69, 9.17) is 11.6 Å². The van der Waals surface area contributed by atoms with E-state index in [1.54, 1.807) is 18.5 Å². The van der Waals surface area contributed by atoms with Crippen molar-refractivity contribution in [1.82, 2.24) is 20.3 Å². The Kier molecular flexibility index (Phi) is 6.11. The van der Waals surface area contributed by atoms with E-state index in [0.29, 0.717) is 29.6 Å². The number of carbonyl (C=O) groups is 1. The van der Waals surface area contributed by atoms with E-state index < -0.39 is 0 Å². The summed E-state index contributed by atoms with van der Waals surface area (Å²) >= 11 is 5.86. The highest BCUT2D eigenvalue weighted by molar-refractivity contribution is 6.30. The van der Waals surface area contributed by atoms with Gasteiger partial charge in [0, 0.05) is 36.6 Å². The summed E-state index contributed by atoms with van der Waals surface area (Å²) in [6.45, 7) is 1.11. The van der Waals surface area contributed by atoms with Crippen molar-refractivity contribution in [1.29, 1.82) is 0 Å². The molecule has 3 rings (SSSR count). The van der Waals surface area contributed by atoms with E-state index in [9.17, 15) is 4.79 Å². The summed E-state index contributed by atoms with van der Waals surface area (Å²) in [4.78, 5) is 24.4. The normalized spacial score (nSPS) is 10.3. The van der Waals surface area contributed by atoms with Crippen molar-refractivity contribution < 1.29 is 4.79 Å². The molecule has 0 aliphatic rings. The third-order valence-corrected chi connectivity index (χ3v) is 3.99. The molecule has 0 saturated heterocycles. The average Bonchev–Trinajstić information content (AvgIpc) is 2.69. The SMILES string of the molecule is O=C(NCCc1ccc(Cl)cc1)c1cc(NCc2ccncc2)ncn1. The fourth-order valence-corrected chi connectivity index (χ4v) is 2.46. The third kappa shape index (κ3) is 5.26. The zero-order valence-electron chi connectivity index (χ0n) is 14.0. The summed E-state index contributed by atoms with van der Waals surface area (Å²) in [6, 6.07) is 13.0. The summed E-state index contributed by atoms with van der Waals surface area (Å²) in [5, 5.41) is 6.74. The molecular formula is C19H18ClN5O. The number of pyridine rings is 1. The number of anilines is 1. The monoisotopic (exact) mass is 367 g/mol. The minimum atomic E-state index is -0.228. The van der Waals surface area contributed by atoms with Crippen LogP contribution in [0.3, 0.4) is 0 Å². The molecule has 0 radical (unpaired) electrons. The van der Waals surface area contributed by atoms with Crippen LogP contribution in [0, 0.1) is 0 Å². The van der Waals surface area contributed by atoms with Gasteiger partial charge in [0.15, 0.2) is 0 Å². The number of hydrogen-bond acceptors (Lipinski definition) is 5. The predicted octanol–water partition coefficient (Wildman–Crippen LogP) is 3.11. The predicted molar refractivity (Wildman–Crippen MR) is 101 cm³/mol. The van der Waals surface area contributed by atoms with Crippen LogP contribution < -0.4 is 10.6 Å². The molecule has 0 fully saturated rings. The molecule has 0 atom stereocenters. The molecule has 132 valence electrons. The van der Waals surface area contributed by atoms with Crippen LogP contribution in [0.25, 0.3) is 0 Å². The molecular weight excluding hydrogens is 350 g/mol. The molecule has 0 aliphatic heterocycles. The van der Waals surface area contributed by atoms with Crippen LogP contribution in [-0.2, 0) is 13.0 Å². The van der Waals surface area contributed by atoms with Crippen LogP contribution in [0.5, 0.6) is 0 Å². The number of hydrogen-bond donors (Lipinski definition) is 2. The van der Waals surface area contributed by atoms with Crippen LogP contribution in [-0.4, -0.2) is 27.4 Å². The van der Waals surface area contributed by atoms with Crippen LogP contribution >= 0.6 is 11.6 Å². The first kappa shape index (κ1) is 17.8. The second-order valence-corrected chi connectivity index (χ2v) is 6.07. The minimum Gasteiger partial charge on any atom is -0.366 e. The van der Waals surface area contributed by atoms with E-state index in [1.807, 2.05) is 36.4 Å². The fraction of sp³-hybridized carbons (Fsp3) is 0.158. The Balaban J connectivity index is 1.51. The summed E-state index contributed by atoms with van der Waals surface area (Å²) in [6.07, 6.45) is 5.57. The van der Waals surface area contributed by atoms with Gasteiger partial charge in [-0.25, -0.2) is 9.97 Å². The van der Waals surface area contributed by atoms with E-state index in [0.717, 1.165) is 17.5 Å². The Hall–Kier alpha value is -2.99. The third-order valence-electron chi connectivity index (χ3n) is 3.74. The first-order valence-corrected chi connectivity index (χ1v) is 8.56. The summed E-state index contributed by atoms with van der Waals surface area (Å²) < 4.78 is 0. The summed E-state index contributed by atoms with van der Waals surface area (Å²) in [7, 11) is 0.